The van der Waals surface area contributed by atoms with Gasteiger partial charge in [0.2, 0.25) is 34.9 Å². The van der Waals surface area contributed by atoms with Gasteiger partial charge in [0.15, 0.2) is 41.8 Å². The van der Waals surface area contributed by atoms with Crippen molar-refractivity contribution in [2.75, 3.05) is 61.1 Å². The molecule has 19 atom stereocenters. The second-order valence-electron chi connectivity index (χ2n) is 26.7. The molecule has 0 aromatic heterocycles. The van der Waals surface area contributed by atoms with E-state index in [-0.39, 0.29) is 89.5 Å². The number of likely N-dealkylation sites (N-methyl/N-ethyl adjacent to an activating group) is 1. The van der Waals surface area contributed by atoms with Gasteiger partial charge in [0.1, 0.15) is 42.4 Å². The van der Waals surface area contributed by atoms with Gasteiger partial charge >= 0.3 is 6.09 Å². The van der Waals surface area contributed by atoms with Crippen LogP contribution in [-0.2, 0) is 66.6 Å². The molecule has 10 N–H and O–H groups in total. The molecule has 35 heteroatoms. The third-order valence-electron chi connectivity index (χ3n) is 18.6. The van der Waals surface area contributed by atoms with Gasteiger partial charge in [0.25, 0.3) is 0 Å². The molecule has 2 bridgehead atoms. The molecule has 0 radical (unpaired) electrons. The molecular formula is C73H97IN6O25S3. The predicted molar refractivity (Wildman–Crippen MR) is 405 cm³/mol. The lowest BCUT2D eigenvalue weighted by atomic mass is 9.75. The number of Topliss-reactive ketones (excluding diaryl/α,β-unsaturated/α-hetero) is 1. The van der Waals surface area contributed by atoms with E-state index in [1.807, 2.05) is 43.4 Å². The number of rotatable bonds is 31. The van der Waals surface area contributed by atoms with Gasteiger partial charge in [0, 0.05) is 75.0 Å². The highest BCUT2D eigenvalue weighted by Crippen LogP contribution is 2.49. The van der Waals surface area contributed by atoms with E-state index in [0.29, 0.717) is 40.2 Å². The Morgan fingerprint density at radius 3 is 2.22 bits per heavy atom. The van der Waals surface area contributed by atoms with Crippen molar-refractivity contribution in [3.63, 3.8) is 0 Å². The summed E-state index contributed by atoms with van der Waals surface area (Å²) in [6.45, 7) is 15.9. The van der Waals surface area contributed by atoms with E-state index in [0.717, 1.165) is 24.4 Å². The number of aliphatic hydroxyl groups excluding tert-OH is 4. The van der Waals surface area contributed by atoms with Gasteiger partial charge < -0.3 is 97.7 Å². The molecule has 4 fully saturated rings. The van der Waals surface area contributed by atoms with Crippen LogP contribution in [0.25, 0.3) is 0 Å². The van der Waals surface area contributed by atoms with Gasteiger partial charge in [-0.25, -0.2) is 10.2 Å². The number of allylic oxidation sites excluding steroid dienone is 3. The number of halogens is 1. The lowest BCUT2D eigenvalue weighted by Gasteiger charge is -2.47. The molecule has 4 aliphatic heterocycles. The number of aliphatic hydroxyl groups is 5. The fourth-order valence-corrected chi connectivity index (χ4v) is 17.1. The van der Waals surface area contributed by atoms with Crippen LogP contribution in [0.3, 0.4) is 0 Å². The second kappa shape index (κ2) is 39.8. The number of nitrogens with two attached hydrogens (primary N) is 1. The van der Waals surface area contributed by atoms with Crippen LogP contribution in [0, 0.1) is 34.2 Å². The molecule has 2 aromatic carbocycles. The van der Waals surface area contributed by atoms with Gasteiger partial charge in [-0.15, -0.1) is 0 Å². The quantitative estimate of drug-likeness (QED) is 0.0125. The topological polar surface area (TPSA) is 411 Å². The van der Waals surface area contributed by atoms with E-state index < -0.39 is 149 Å². The molecule has 2 aromatic rings. The first-order valence-corrected chi connectivity index (χ1v) is 39.2. The molecule has 0 spiro atoms. The largest absolute Gasteiger partial charge is 0.494 e. The fourth-order valence-electron chi connectivity index (χ4n) is 13.0. The molecule has 8 rings (SSSR count). The number of alkyl carbamates (subject to hydrolysis) is 1. The molecule has 594 valence electrons. The van der Waals surface area contributed by atoms with Crippen molar-refractivity contribution in [2.45, 2.75) is 221 Å². The zero-order valence-electron chi connectivity index (χ0n) is 62.5. The lowest BCUT2D eigenvalue weighted by molar-refractivity contribution is -0.337. The van der Waals surface area contributed by atoms with Crippen LogP contribution in [0.15, 0.2) is 64.4 Å². The summed E-state index contributed by atoms with van der Waals surface area (Å²) in [5.74, 6) is 10.5. The van der Waals surface area contributed by atoms with Crippen LogP contribution >= 0.6 is 55.9 Å². The first-order chi connectivity index (χ1) is 51.3. The van der Waals surface area contributed by atoms with Crippen LogP contribution in [0.4, 0.5) is 4.79 Å². The molecule has 108 heavy (non-hydrogen) atoms. The molecule has 31 nitrogen and oxygen atoms in total. The number of primary amides is 1. The maximum absolute atomic E-state index is 14.6. The highest BCUT2D eigenvalue weighted by Gasteiger charge is 2.53. The smallest absolute Gasteiger partial charge is 0.411 e. The van der Waals surface area contributed by atoms with Crippen molar-refractivity contribution >= 4 is 96.4 Å². The van der Waals surface area contributed by atoms with Gasteiger partial charge in [-0.05, 0) is 132 Å². The summed E-state index contributed by atoms with van der Waals surface area (Å²) in [4.78, 5) is 87.5. The normalized spacial score (nSPS) is 30.7. The highest BCUT2D eigenvalue weighted by atomic mass is 127. The lowest BCUT2D eigenvalue weighted by Crippen LogP contribution is -2.65. The molecule has 19 unspecified atom stereocenters. The van der Waals surface area contributed by atoms with E-state index >= 15 is 0 Å². The Labute approximate surface area is 653 Å². The van der Waals surface area contributed by atoms with Crippen molar-refractivity contribution in [3.05, 3.63) is 79.6 Å². The Hall–Kier alpha value is -6.15. The molecule has 6 aliphatic rings. The number of carbonyl (C=O) groups is 6. The Kier molecular flexibility index (Phi) is 32.3. The highest BCUT2D eigenvalue weighted by molar-refractivity contribution is 14.1. The first kappa shape index (κ1) is 87.4. The van der Waals surface area contributed by atoms with Crippen LogP contribution in [0.1, 0.15) is 115 Å². The van der Waals surface area contributed by atoms with E-state index in [2.05, 4.69) is 45.0 Å². The van der Waals surface area contributed by atoms with Gasteiger partial charge in [-0.2, -0.15) is 10.6 Å². The van der Waals surface area contributed by atoms with Crippen molar-refractivity contribution in [3.8, 4) is 46.7 Å². The number of hydrazone groups is 1. The molecular weight excluding hydrogens is 1580 g/mol. The second-order valence-corrected chi connectivity index (χ2v) is 32.0. The first-order valence-electron chi connectivity index (χ1n) is 34.9. The molecule has 4 amide bonds. The van der Waals surface area contributed by atoms with E-state index in [9.17, 15) is 54.3 Å². The average molecular weight is 1680 g/mol. The molecule has 2 aliphatic carbocycles. The number of nitrogens with zero attached hydrogens (tertiary/aromatic N) is 2. The fraction of sp³-hybridized carbons (Fsp3) is 0.603. The Morgan fingerprint density at radius 1 is 0.870 bits per heavy atom. The monoisotopic (exact) mass is 1680 g/mol. The SMILES string of the molecule is CCN(C(C)=O)C1COC(OC2C(OC3C#C/C=C/C#CC4(O)CC(=O)C(NC(=O)OC)=C3/C4=C/CSSC(C)(C)CC(=O)N/N=C(\C)c3ccc(OCCCC(N)=O)cc3)OC(C)C(NOC3CC(O)C(SC(=O)c4c(C)c(I)c(OC5OC(C)C(O)C(OC)C5O)c(OC)c4OC)C(C)O3)C2O)CC1OC. The maximum atomic E-state index is 14.6. The van der Waals surface area contributed by atoms with Crippen molar-refractivity contribution < 1.29 is 121 Å². The number of hydrogen-bond acceptors (Lipinski definition) is 30. The number of nitrogens with one attached hydrogen (secondary N) is 3. The number of methoxy groups -OCH3 is 5. The summed E-state index contributed by atoms with van der Waals surface area (Å²) in [6.07, 6.45) is -15.2. The minimum Gasteiger partial charge on any atom is -0.494 e. The number of thioether (sulfide) groups is 1. The number of hydrogen-bond donors (Lipinski definition) is 9. The maximum Gasteiger partial charge on any atom is 0.411 e. The number of ketones is 1. The number of fused-ring (bicyclic) bond motifs is 2. The van der Waals surface area contributed by atoms with Crippen LogP contribution in [0.2, 0.25) is 0 Å². The minimum atomic E-state index is -2.23. The Balaban J connectivity index is 1.02. The number of hydroxylamine groups is 1. The summed E-state index contributed by atoms with van der Waals surface area (Å²) >= 11 is 2.78. The standard InChI is InChI=1S/C73H97IN6O25S3/c1-15-80(41(7)81)45-35-98-52(32-49(45)92-10)103-65-60(87)57(79-105-53-31-46(82)67(40(6)99-53)107-68(89)54-36(2)56(74)63(66(95-13)62(54)93-11)104-69-61(88)64(94-12)59(86)39(5)101-69)38(4)100-70(65)102-48-21-18-16-17-19-28-73(91)33-47(83)58(76-71(90)96-14)55(48)44(73)27-30-106-108-72(8,9)34-51(85)78-77-37(3)42-23-25-43(26-24-42)97-29-20-22-50(75)84/h16-17,23-27,38-40,45-46,48-49,52-53,57,59-61,64-65,67,69-70,79,82,86-88,91H,15,20,22,29-35H2,1-14H3,(H2,75,84)(H,76,90)(H,78,85)/b17-16+,44-27-,77-37+. The number of carbonyl (C=O) groups excluding carboxylic acids is 6. The van der Waals surface area contributed by atoms with Gasteiger partial charge in [-0.1, -0.05) is 63.1 Å². The van der Waals surface area contributed by atoms with Crippen LogP contribution < -0.4 is 40.9 Å². The van der Waals surface area contributed by atoms with Crippen LogP contribution in [0.5, 0.6) is 23.0 Å². The van der Waals surface area contributed by atoms with Crippen molar-refractivity contribution in [2.24, 2.45) is 10.8 Å². The summed E-state index contributed by atoms with van der Waals surface area (Å²) in [5, 5.41) is 64.5. The molecule has 4 saturated heterocycles. The third kappa shape index (κ3) is 21.7. The number of amides is 4. The van der Waals surface area contributed by atoms with Crippen molar-refractivity contribution in [1.82, 2.24) is 21.1 Å². The van der Waals surface area contributed by atoms with Gasteiger partial charge in [-0.3, -0.25) is 34.1 Å². The van der Waals surface area contributed by atoms with Gasteiger partial charge in [0.05, 0.1) is 109 Å². The van der Waals surface area contributed by atoms with Crippen molar-refractivity contribution in [1.29, 1.82) is 0 Å². The Morgan fingerprint density at radius 2 is 1.57 bits per heavy atom. The number of benzene rings is 2. The molecule has 0 saturated carbocycles. The predicted octanol–water partition coefficient (Wildman–Crippen LogP) is 4.53. The zero-order chi connectivity index (χ0) is 79.1. The summed E-state index contributed by atoms with van der Waals surface area (Å²) in [5.41, 5.74) is 9.81. The molecule has 4 heterocycles. The summed E-state index contributed by atoms with van der Waals surface area (Å²) in [7, 11) is 9.28. The summed E-state index contributed by atoms with van der Waals surface area (Å²) in [6, 6.07) is 5.36. The minimum absolute atomic E-state index is 0.00339. The third-order valence-corrected chi connectivity index (χ3v) is 24.4. The van der Waals surface area contributed by atoms with Crippen LogP contribution in [-0.4, -0.2) is 252 Å². The Bertz CT molecular complexity index is 3800. The number of ether oxygens (including phenoxy) is 13. The average Bonchev–Trinajstić information content (AvgIpc) is 0.755. The summed E-state index contributed by atoms with van der Waals surface area (Å²) < 4.78 is 78.2. The van der Waals surface area contributed by atoms with E-state index in [1.54, 1.807) is 69.9 Å². The van der Waals surface area contributed by atoms with E-state index in [1.165, 1.54) is 69.1 Å². The zero-order valence-corrected chi connectivity index (χ0v) is 67.1. The van der Waals surface area contributed by atoms with E-state index in [4.69, 9.17) is 72.2 Å².